The zero-order valence-corrected chi connectivity index (χ0v) is 11.7. The predicted molar refractivity (Wildman–Crippen MR) is 76.1 cm³/mol. The van der Waals surface area contributed by atoms with Crippen molar-refractivity contribution in [2.24, 2.45) is 0 Å². The van der Waals surface area contributed by atoms with Gasteiger partial charge >= 0.3 is 0 Å². The molecule has 1 saturated heterocycles. The molecule has 106 valence electrons. The fourth-order valence-electron chi connectivity index (χ4n) is 2.52. The number of aromatic nitrogens is 4. The minimum absolute atomic E-state index is 0.519. The minimum atomic E-state index is 0.519. The average molecular weight is 272 g/mol. The third-order valence-electron chi connectivity index (χ3n) is 3.76. The van der Waals surface area contributed by atoms with E-state index in [0.717, 1.165) is 38.5 Å². The third kappa shape index (κ3) is 3.02. The van der Waals surface area contributed by atoms with Crippen molar-refractivity contribution in [3.05, 3.63) is 41.7 Å². The Labute approximate surface area is 118 Å². The summed E-state index contributed by atoms with van der Waals surface area (Å²) in [4.78, 5) is 2.42. The molecule has 1 aromatic carbocycles. The molecule has 20 heavy (non-hydrogen) atoms. The van der Waals surface area contributed by atoms with Crippen LogP contribution in [-0.2, 0) is 13.1 Å². The smallest absolute Gasteiger partial charge is 0.165 e. The maximum absolute atomic E-state index is 4.18. The first-order valence-electron chi connectivity index (χ1n) is 7.06. The van der Waals surface area contributed by atoms with Crippen LogP contribution < -0.4 is 5.32 Å². The highest BCUT2D eigenvalue weighted by Crippen LogP contribution is 2.09. The lowest BCUT2D eigenvalue weighted by Crippen LogP contribution is -2.49. The summed E-state index contributed by atoms with van der Waals surface area (Å²) in [5, 5.41) is 15.5. The SMILES string of the molecule is C[C@@H]1CNCCN1Cc1nnnn1Cc1ccccc1. The van der Waals surface area contributed by atoms with E-state index in [0.29, 0.717) is 6.04 Å². The number of piperazine rings is 1. The van der Waals surface area contributed by atoms with Crippen molar-refractivity contribution in [1.29, 1.82) is 0 Å². The van der Waals surface area contributed by atoms with Crippen molar-refractivity contribution < 1.29 is 0 Å². The van der Waals surface area contributed by atoms with Crippen LogP contribution in [0.3, 0.4) is 0 Å². The van der Waals surface area contributed by atoms with E-state index in [-0.39, 0.29) is 0 Å². The van der Waals surface area contributed by atoms with Crippen molar-refractivity contribution in [2.45, 2.75) is 26.1 Å². The Morgan fingerprint density at radius 2 is 2.10 bits per heavy atom. The molecule has 2 aromatic rings. The van der Waals surface area contributed by atoms with Gasteiger partial charge in [0.15, 0.2) is 5.82 Å². The molecule has 2 heterocycles. The van der Waals surface area contributed by atoms with E-state index >= 15 is 0 Å². The molecular formula is C14H20N6. The van der Waals surface area contributed by atoms with Crippen LogP contribution in [0.4, 0.5) is 0 Å². The second-order valence-electron chi connectivity index (χ2n) is 5.26. The lowest BCUT2D eigenvalue weighted by atomic mass is 10.2. The normalized spacial score (nSPS) is 20.1. The second-order valence-corrected chi connectivity index (χ2v) is 5.26. The molecule has 0 unspecified atom stereocenters. The van der Waals surface area contributed by atoms with E-state index in [2.05, 4.69) is 44.8 Å². The van der Waals surface area contributed by atoms with Gasteiger partial charge in [-0.25, -0.2) is 4.68 Å². The molecule has 0 aliphatic carbocycles. The van der Waals surface area contributed by atoms with E-state index in [9.17, 15) is 0 Å². The fraction of sp³-hybridized carbons (Fsp3) is 0.500. The minimum Gasteiger partial charge on any atom is -0.314 e. The van der Waals surface area contributed by atoms with Crippen molar-refractivity contribution in [2.75, 3.05) is 19.6 Å². The van der Waals surface area contributed by atoms with Gasteiger partial charge in [0.25, 0.3) is 0 Å². The molecule has 1 aliphatic heterocycles. The van der Waals surface area contributed by atoms with Crippen LogP contribution in [0.15, 0.2) is 30.3 Å². The highest BCUT2D eigenvalue weighted by atomic mass is 15.5. The highest BCUT2D eigenvalue weighted by Gasteiger charge is 2.20. The molecule has 6 heteroatoms. The lowest BCUT2D eigenvalue weighted by Gasteiger charge is -2.33. The number of hydrogen-bond acceptors (Lipinski definition) is 5. The Balaban J connectivity index is 1.70. The first-order valence-corrected chi connectivity index (χ1v) is 7.06. The number of nitrogens with zero attached hydrogens (tertiary/aromatic N) is 5. The van der Waals surface area contributed by atoms with E-state index in [1.165, 1.54) is 5.56 Å². The molecular weight excluding hydrogens is 252 g/mol. The molecule has 1 atom stereocenters. The van der Waals surface area contributed by atoms with E-state index in [1.54, 1.807) is 0 Å². The van der Waals surface area contributed by atoms with Gasteiger partial charge in [-0.05, 0) is 22.9 Å². The number of nitrogens with one attached hydrogen (secondary N) is 1. The zero-order valence-electron chi connectivity index (χ0n) is 11.7. The Bertz CT molecular complexity index is 538. The topological polar surface area (TPSA) is 58.9 Å². The molecule has 0 radical (unpaired) electrons. The van der Waals surface area contributed by atoms with E-state index < -0.39 is 0 Å². The predicted octanol–water partition coefficient (Wildman–Crippen LogP) is 0.515. The quantitative estimate of drug-likeness (QED) is 0.879. The van der Waals surface area contributed by atoms with Gasteiger partial charge < -0.3 is 5.32 Å². The summed E-state index contributed by atoms with van der Waals surface area (Å²) in [6.07, 6.45) is 0. The van der Waals surface area contributed by atoms with Crippen LogP contribution >= 0.6 is 0 Å². The van der Waals surface area contributed by atoms with Gasteiger partial charge in [-0.1, -0.05) is 30.3 Å². The first-order chi connectivity index (χ1) is 9.83. The van der Waals surface area contributed by atoms with Crippen LogP contribution in [0.2, 0.25) is 0 Å². The molecule has 3 rings (SSSR count). The fourth-order valence-corrected chi connectivity index (χ4v) is 2.52. The zero-order chi connectivity index (χ0) is 13.8. The largest absolute Gasteiger partial charge is 0.314 e. The summed E-state index contributed by atoms with van der Waals surface area (Å²) in [5.41, 5.74) is 1.22. The Kier molecular flexibility index (Phi) is 4.03. The van der Waals surface area contributed by atoms with Crippen molar-refractivity contribution in [1.82, 2.24) is 30.4 Å². The Morgan fingerprint density at radius 3 is 2.90 bits per heavy atom. The van der Waals surface area contributed by atoms with Crippen molar-refractivity contribution >= 4 is 0 Å². The molecule has 0 spiro atoms. The molecule has 0 saturated carbocycles. The summed E-state index contributed by atoms with van der Waals surface area (Å²) < 4.78 is 1.89. The van der Waals surface area contributed by atoms with Gasteiger partial charge in [-0.15, -0.1) is 5.10 Å². The molecule has 6 nitrogen and oxygen atoms in total. The molecule has 0 amide bonds. The summed E-state index contributed by atoms with van der Waals surface area (Å²) in [7, 11) is 0. The van der Waals surface area contributed by atoms with E-state index in [1.807, 2.05) is 22.9 Å². The first kappa shape index (κ1) is 13.2. The summed E-state index contributed by atoms with van der Waals surface area (Å²) in [6.45, 7) is 6.87. The standard InChI is InChI=1S/C14H20N6/c1-12-9-15-7-8-19(12)11-14-16-17-18-20(14)10-13-5-3-2-4-6-13/h2-6,12,15H,7-11H2,1H3/t12-/m1/s1. The number of rotatable bonds is 4. The molecule has 1 aliphatic rings. The van der Waals surface area contributed by atoms with Gasteiger partial charge in [0.2, 0.25) is 0 Å². The molecule has 0 bridgehead atoms. The summed E-state index contributed by atoms with van der Waals surface area (Å²) in [5.74, 6) is 0.933. The average Bonchev–Trinajstić information content (AvgIpc) is 2.90. The number of hydrogen-bond donors (Lipinski definition) is 1. The second kappa shape index (κ2) is 6.11. The van der Waals surface area contributed by atoms with Crippen LogP contribution in [0.1, 0.15) is 18.3 Å². The van der Waals surface area contributed by atoms with Crippen molar-refractivity contribution in [3.8, 4) is 0 Å². The lowest BCUT2D eigenvalue weighted by molar-refractivity contribution is 0.159. The van der Waals surface area contributed by atoms with Gasteiger partial charge in [-0.3, -0.25) is 4.90 Å². The van der Waals surface area contributed by atoms with Crippen LogP contribution in [0.25, 0.3) is 0 Å². The van der Waals surface area contributed by atoms with Gasteiger partial charge in [0.1, 0.15) is 0 Å². The maximum atomic E-state index is 4.18. The van der Waals surface area contributed by atoms with Crippen LogP contribution in [0, 0.1) is 0 Å². The maximum Gasteiger partial charge on any atom is 0.165 e. The van der Waals surface area contributed by atoms with Crippen LogP contribution in [-0.4, -0.2) is 50.8 Å². The summed E-state index contributed by atoms with van der Waals surface area (Å²) in [6, 6.07) is 10.8. The molecule has 1 aromatic heterocycles. The van der Waals surface area contributed by atoms with Crippen molar-refractivity contribution in [3.63, 3.8) is 0 Å². The Morgan fingerprint density at radius 1 is 1.25 bits per heavy atom. The van der Waals surface area contributed by atoms with Gasteiger partial charge in [-0.2, -0.15) is 0 Å². The number of benzene rings is 1. The molecule has 1 N–H and O–H groups in total. The summed E-state index contributed by atoms with van der Waals surface area (Å²) >= 11 is 0. The molecule has 1 fully saturated rings. The number of tetrazole rings is 1. The monoisotopic (exact) mass is 272 g/mol. The van der Waals surface area contributed by atoms with Crippen LogP contribution in [0.5, 0.6) is 0 Å². The van der Waals surface area contributed by atoms with Gasteiger partial charge in [0, 0.05) is 25.7 Å². The van der Waals surface area contributed by atoms with Gasteiger partial charge in [0.05, 0.1) is 13.1 Å². The highest BCUT2D eigenvalue weighted by molar-refractivity contribution is 5.14. The third-order valence-corrected chi connectivity index (χ3v) is 3.76. The Hall–Kier alpha value is -1.79. The van der Waals surface area contributed by atoms with E-state index in [4.69, 9.17) is 0 Å².